The van der Waals surface area contributed by atoms with Gasteiger partial charge in [-0.05, 0) is 17.7 Å². The first kappa shape index (κ1) is 10.6. The Labute approximate surface area is 90.2 Å². The topological polar surface area (TPSA) is 53.2 Å². The summed E-state index contributed by atoms with van der Waals surface area (Å²) in [6, 6.07) is 9.14. The second-order valence-electron chi connectivity index (χ2n) is 2.54. The minimum absolute atomic E-state index is 0.176. The number of hydrogen-bond acceptors (Lipinski definition) is 2. The average Bonchev–Trinajstić information content (AvgIpc) is 2.15. The van der Waals surface area contributed by atoms with Crippen molar-refractivity contribution >= 4 is 28.1 Å². The van der Waals surface area contributed by atoms with Gasteiger partial charge in [0.1, 0.15) is 6.42 Å². The van der Waals surface area contributed by atoms with Crippen LogP contribution >= 0.6 is 15.9 Å². The van der Waals surface area contributed by atoms with Crippen LogP contribution in [-0.4, -0.2) is 12.1 Å². The van der Waals surface area contributed by atoms with Gasteiger partial charge in [-0.15, -0.1) is 0 Å². The largest absolute Gasteiger partial charge is 0.271 e. The third-order valence-electron chi connectivity index (χ3n) is 1.44. The zero-order chi connectivity index (χ0) is 10.4. The van der Waals surface area contributed by atoms with Gasteiger partial charge in [-0.1, -0.05) is 28.1 Å². The van der Waals surface area contributed by atoms with E-state index in [1.807, 2.05) is 24.3 Å². The summed E-state index contributed by atoms with van der Waals surface area (Å²) in [5, 5.41) is 8.23. The van der Waals surface area contributed by atoms with Crippen molar-refractivity contribution in [2.45, 2.75) is 6.42 Å². The molecule has 0 unspecified atom stereocenters. The number of hydrogen-bond donors (Lipinski definition) is 0. The summed E-state index contributed by atoms with van der Waals surface area (Å²) in [5.74, 6) is -0.424. The first-order valence-corrected chi connectivity index (χ1v) is 4.71. The number of benzene rings is 1. The number of carbonyl (C=O) groups excluding carboxylic acids is 1. The fourth-order valence-electron chi connectivity index (χ4n) is 0.847. The molecule has 14 heavy (non-hydrogen) atoms. The Morgan fingerprint density at radius 3 is 3.07 bits per heavy atom. The molecule has 0 fully saturated rings. The third-order valence-corrected chi connectivity index (χ3v) is 1.93. The van der Waals surface area contributed by atoms with Gasteiger partial charge in [0, 0.05) is 10.7 Å². The van der Waals surface area contributed by atoms with E-state index >= 15 is 0 Å². The first-order chi connectivity index (χ1) is 6.72. The van der Waals surface area contributed by atoms with E-state index in [4.69, 9.17) is 5.26 Å². The zero-order valence-corrected chi connectivity index (χ0v) is 8.86. The summed E-state index contributed by atoms with van der Waals surface area (Å²) in [4.78, 5) is 14.5. The van der Waals surface area contributed by atoms with Gasteiger partial charge >= 0.3 is 0 Å². The molecule has 0 aliphatic rings. The summed E-state index contributed by atoms with van der Waals surface area (Å²) < 4.78 is 0.925. The molecule has 0 saturated heterocycles. The Morgan fingerprint density at radius 1 is 1.64 bits per heavy atom. The zero-order valence-electron chi connectivity index (χ0n) is 7.27. The molecule has 0 atom stereocenters. The molecule has 0 aromatic heterocycles. The maximum atomic E-state index is 10.9. The molecule has 0 aliphatic carbocycles. The number of nitrogens with zero attached hydrogens (tertiary/aromatic N) is 2. The average molecular weight is 251 g/mol. The summed E-state index contributed by atoms with van der Waals surface area (Å²) >= 11 is 3.30. The van der Waals surface area contributed by atoms with Crippen molar-refractivity contribution in [2.24, 2.45) is 4.99 Å². The van der Waals surface area contributed by atoms with E-state index in [-0.39, 0.29) is 6.42 Å². The number of rotatable bonds is 2. The van der Waals surface area contributed by atoms with Crippen LogP contribution < -0.4 is 0 Å². The highest BCUT2D eigenvalue weighted by atomic mass is 79.9. The van der Waals surface area contributed by atoms with Crippen molar-refractivity contribution in [1.29, 1.82) is 5.26 Å². The Bertz CT molecular complexity index is 407. The quantitative estimate of drug-likeness (QED) is 0.757. The standard InChI is InChI=1S/C10H7BrN2O/c11-9-3-1-2-8(6-9)7-13-10(14)4-5-12/h1-3,6-7H,4H2. The molecule has 0 N–H and O–H groups in total. The van der Waals surface area contributed by atoms with Gasteiger partial charge in [0.25, 0.3) is 5.91 Å². The highest BCUT2D eigenvalue weighted by Gasteiger charge is 1.95. The van der Waals surface area contributed by atoms with E-state index in [1.165, 1.54) is 6.21 Å². The maximum absolute atomic E-state index is 10.9. The number of nitriles is 1. The Morgan fingerprint density at radius 2 is 2.43 bits per heavy atom. The summed E-state index contributed by atoms with van der Waals surface area (Å²) in [6.45, 7) is 0. The summed E-state index contributed by atoms with van der Waals surface area (Å²) in [7, 11) is 0. The molecule has 70 valence electrons. The van der Waals surface area contributed by atoms with Crippen LogP contribution in [0, 0.1) is 11.3 Å². The molecule has 0 bridgehead atoms. The Hall–Kier alpha value is -1.47. The van der Waals surface area contributed by atoms with E-state index in [2.05, 4.69) is 20.9 Å². The van der Waals surface area contributed by atoms with Crippen LogP contribution in [0.2, 0.25) is 0 Å². The molecule has 1 amide bonds. The summed E-state index contributed by atoms with van der Waals surface area (Å²) in [5.41, 5.74) is 0.825. The lowest BCUT2D eigenvalue weighted by atomic mass is 10.2. The van der Waals surface area contributed by atoms with Crippen LogP contribution in [0.15, 0.2) is 33.7 Å². The lowest BCUT2D eigenvalue weighted by Crippen LogP contribution is -1.91. The Kier molecular flexibility index (Phi) is 4.02. The van der Waals surface area contributed by atoms with Crippen LogP contribution in [-0.2, 0) is 4.79 Å². The lowest BCUT2D eigenvalue weighted by molar-refractivity contribution is -0.116. The third kappa shape index (κ3) is 3.50. The van der Waals surface area contributed by atoms with E-state index in [0.717, 1.165) is 10.0 Å². The van der Waals surface area contributed by atoms with Crippen LogP contribution in [0.1, 0.15) is 12.0 Å². The minimum atomic E-state index is -0.424. The molecule has 0 radical (unpaired) electrons. The van der Waals surface area contributed by atoms with Gasteiger partial charge in [-0.2, -0.15) is 5.26 Å². The predicted octanol–water partition coefficient (Wildman–Crippen LogP) is 2.31. The van der Waals surface area contributed by atoms with E-state index in [0.29, 0.717) is 0 Å². The molecule has 1 aromatic carbocycles. The first-order valence-electron chi connectivity index (χ1n) is 3.92. The highest BCUT2D eigenvalue weighted by Crippen LogP contribution is 2.09. The smallest absolute Gasteiger partial charge is 0.259 e. The van der Waals surface area contributed by atoms with Crippen molar-refractivity contribution in [1.82, 2.24) is 0 Å². The molecule has 0 saturated carbocycles. The molecular weight excluding hydrogens is 244 g/mol. The van der Waals surface area contributed by atoms with Gasteiger partial charge < -0.3 is 0 Å². The van der Waals surface area contributed by atoms with Gasteiger partial charge in [-0.25, -0.2) is 4.99 Å². The van der Waals surface area contributed by atoms with Crippen molar-refractivity contribution < 1.29 is 4.79 Å². The second-order valence-corrected chi connectivity index (χ2v) is 3.46. The van der Waals surface area contributed by atoms with Crippen molar-refractivity contribution in [3.05, 3.63) is 34.3 Å². The van der Waals surface area contributed by atoms with Gasteiger partial charge in [0.15, 0.2) is 0 Å². The molecular formula is C10H7BrN2O. The molecule has 1 rings (SSSR count). The molecule has 1 aromatic rings. The maximum Gasteiger partial charge on any atom is 0.259 e. The number of amides is 1. The summed E-state index contributed by atoms with van der Waals surface area (Å²) in [6.07, 6.45) is 1.27. The van der Waals surface area contributed by atoms with Crippen molar-refractivity contribution in [3.63, 3.8) is 0 Å². The van der Waals surface area contributed by atoms with E-state index in [1.54, 1.807) is 6.07 Å². The normalized spacial score (nSPS) is 10.0. The number of aliphatic imine (C=N–C) groups is 1. The van der Waals surface area contributed by atoms with Crippen LogP contribution in [0.5, 0.6) is 0 Å². The molecule has 4 heteroatoms. The molecule has 3 nitrogen and oxygen atoms in total. The van der Waals surface area contributed by atoms with Crippen molar-refractivity contribution in [2.75, 3.05) is 0 Å². The van der Waals surface area contributed by atoms with Crippen LogP contribution in [0.4, 0.5) is 0 Å². The van der Waals surface area contributed by atoms with E-state index < -0.39 is 5.91 Å². The molecule has 0 spiro atoms. The van der Waals surface area contributed by atoms with Crippen LogP contribution in [0.3, 0.4) is 0 Å². The fourth-order valence-corrected chi connectivity index (χ4v) is 1.26. The monoisotopic (exact) mass is 250 g/mol. The molecule has 0 aliphatic heterocycles. The second kappa shape index (κ2) is 5.30. The minimum Gasteiger partial charge on any atom is -0.271 e. The fraction of sp³-hybridized carbons (Fsp3) is 0.100. The molecule has 0 heterocycles. The van der Waals surface area contributed by atoms with E-state index in [9.17, 15) is 4.79 Å². The van der Waals surface area contributed by atoms with Gasteiger partial charge in [0.2, 0.25) is 0 Å². The number of carbonyl (C=O) groups is 1. The van der Waals surface area contributed by atoms with Gasteiger partial charge in [0.05, 0.1) is 6.07 Å². The highest BCUT2D eigenvalue weighted by molar-refractivity contribution is 9.10. The van der Waals surface area contributed by atoms with Crippen LogP contribution in [0.25, 0.3) is 0 Å². The van der Waals surface area contributed by atoms with Crippen molar-refractivity contribution in [3.8, 4) is 6.07 Å². The SMILES string of the molecule is N#CCC(=O)N=Cc1cccc(Br)c1. The number of halogens is 1. The lowest BCUT2D eigenvalue weighted by Gasteiger charge is -1.92. The predicted molar refractivity (Wildman–Crippen MR) is 57.0 cm³/mol. The van der Waals surface area contributed by atoms with Gasteiger partial charge in [-0.3, -0.25) is 4.79 Å². The Balaban J connectivity index is 2.70.